The van der Waals surface area contributed by atoms with Gasteiger partial charge in [-0.3, -0.25) is 9.59 Å². The molecule has 86 valence electrons. The third kappa shape index (κ3) is 3.68. The van der Waals surface area contributed by atoms with E-state index in [4.69, 9.17) is 0 Å². The van der Waals surface area contributed by atoms with Crippen molar-refractivity contribution in [2.75, 3.05) is 5.32 Å². The predicted molar refractivity (Wildman–Crippen MR) is 60.8 cm³/mol. The van der Waals surface area contributed by atoms with Crippen LogP contribution in [0.25, 0.3) is 0 Å². The van der Waals surface area contributed by atoms with Crippen LogP contribution < -0.4 is 10.6 Å². The molecule has 5 nitrogen and oxygen atoms in total. The van der Waals surface area contributed by atoms with Crippen LogP contribution in [-0.2, 0) is 9.59 Å². The normalized spacial score (nSPS) is 11.6. The summed E-state index contributed by atoms with van der Waals surface area (Å²) in [6.45, 7) is 3.77. The number of aromatic nitrogens is 1. The van der Waals surface area contributed by atoms with E-state index in [0.717, 1.165) is 6.42 Å². The first-order valence-electron chi connectivity index (χ1n) is 5.16. The van der Waals surface area contributed by atoms with Crippen LogP contribution in [0.4, 0.5) is 5.82 Å². The second-order valence-corrected chi connectivity index (χ2v) is 3.45. The third-order valence-electron chi connectivity index (χ3n) is 2.10. The molecular formula is C11H15N3O2. The standard InChI is InChI=1S/C11H15N3O2/c1-3-8(2)13-10(15)11(16)14-9-6-4-5-7-12-9/h4-8H,3H2,1-2H3,(H,13,15)(H,12,14,16). The largest absolute Gasteiger partial charge is 0.345 e. The Morgan fingerprint density at radius 3 is 2.69 bits per heavy atom. The quantitative estimate of drug-likeness (QED) is 0.746. The molecule has 1 aromatic heterocycles. The molecule has 0 aliphatic heterocycles. The molecule has 0 radical (unpaired) electrons. The summed E-state index contributed by atoms with van der Waals surface area (Å²) >= 11 is 0. The minimum absolute atomic E-state index is 0.0121. The van der Waals surface area contributed by atoms with Crippen molar-refractivity contribution in [3.63, 3.8) is 0 Å². The Hall–Kier alpha value is -1.91. The zero-order chi connectivity index (χ0) is 12.0. The monoisotopic (exact) mass is 221 g/mol. The van der Waals surface area contributed by atoms with Crippen molar-refractivity contribution in [1.82, 2.24) is 10.3 Å². The smallest absolute Gasteiger partial charge is 0.314 e. The highest BCUT2D eigenvalue weighted by molar-refractivity contribution is 6.39. The summed E-state index contributed by atoms with van der Waals surface area (Å²) in [5.74, 6) is -0.967. The highest BCUT2D eigenvalue weighted by atomic mass is 16.2. The maximum Gasteiger partial charge on any atom is 0.314 e. The van der Waals surface area contributed by atoms with E-state index in [1.165, 1.54) is 0 Å². The number of nitrogens with one attached hydrogen (secondary N) is 2. The van der Waals surface area contributed by atoms with Crippen LogP contribution in [0.1, 0.15) is 20.3 Å². The molecule has 0 saturated carbocycles. The molecule has 0 fully saturated rings. The second-order valence-electron chi connectivity index (χ2n) is 3.45. The Kier molecular flexibility index (Phi) is 4.44. The number of carbonyl (C=O) groups excluding carboxylic acids is 2. The molecule has 1 rings (SSSR count). The zero-order valence-electron chi connectivity index (χ0n) is 9.36. The van der Waals surface area contributed by atoms with Gasteiger partial charge in [-0.2, -0.15) is 0 Å². The lowest BCUT2D eigenvalue weighted by Gasteiger charge is -2.10. The van der Waals surface area contributed by atoms with Gasteiger partial charge in [-0.1, -0.05) is 13.0 Å². The van der Waals surface area contributed by atoms with Crippen molar-refractivity contribution < 1.29 is 9.59 Å². The lowest BCUT2D eigenvalue weighted by molar-refractivity contribution is -0.136. The van der Waals surface area contributed by atoms with Gasteiger partial charge < -0.3 is 10.6 Å². The summed E-state index contributed by atoms with van der Waals surface area (Å²) in [5, 5.41) is 4.98. The Morgan fingerprint density at radius 1 is 1.38 bits per heavy atom. The lowest BCUT2D eigenvalue weighted by atomic mass is 10.2. The molecule has 16 heavy (non-hydrogen) atoms. The number of rotatable bonds is 3. The van der Waals surface area contributed by atoms with E-state index < -0.39 is 11.8 Å². The Morgan fingerprint density at radius 2 is 2.12 bits per heavy atom. The predicted octanol–water partition coefficient (Wildman–Crippen LogP) is 0.935. The van der Waals surface area contributed by atoms with Crippen molar-refractivity contribution in [3.8, 4) is 0 Å². The molecule has 0 aromatic carbocycles. The Bertz CT molecular complexity index is 365. The van der Waals surface area contributed by atoms with E-state index in [-0.39, 0.29) is 6.04 Å². The van der Waals surface area contributed by atoms with Crippen LogP contribution in [0, 0.1) is 0 Å². The number of nitrogens with zero attached hydrogens (tertiary/aromatic N) is 1. The molecule has 2 N–H and O–H groups in total. The van der Waals surface area contributed by atoms with Gasteiger partial charge in [0.1, 0.15) is 5.82 Å². The molecule has 0 spiro atoms. The minimum atomic E-state index is -0.695. The van der Waals surface area contributed by atoms with Crippen molar-refractivity contribution in [2.24, 2.45) is 0 Å². The van der Waals surface area contributed by atoms with E-state index >= 15 is 0 Å². The highest BCUT2D eigenvalue weighted by Crippen LogP contribution is 1.99. The number of amides is 2. The molecule has 1 heterocycles. The van der Waals surface area contributed by atoms with E-state index in [1.54, 1.807) is 24.4 Å². The summed E-state index contributed by atoms with van der Waals surface area (Å²) in [4.78, 5) is 26.7. The summed E-state index contributed by atoms with van der Waals surface area (Å²) in [6, 6.07) is 5.07. The molecule has 1 unspecified atom stereocenters. The molecule has 5 heteroatoms. The van der Waals surface area contributed by atoms with E-state index in [0.29, 0.717) is 5.82 Å². The lowest BCUT2D eigenvalue weighted by Crippen LogP contribution is -2.40. The van der Waals surface area contributed by atoms with Gasteiger partial charge in [0.15, 0.2) is 0 Å². The van der Waals surface area contributed by atoms with E-state index in [9.17, 15) is 9.59 Å². The van der Waals surface area contributed by atoms with Crippen LogP contribution >= 0.6 is 0 Å². The van der Waals surface area contributed by atoms with Gasteiger partial charge in [-0.15, -0.1) is 0 Å². The zero-order valence-corrected chi connectivity index (χ0v) is 9.36. The van der Waals surface area contributed by atoms with E-state index in [1.807, 2.05) is 13.8 Å². The van der Waals surface area contributed by atoms with Crippen molar-refractivity contribution >= 4 is 17.6 Å². The maximum atomic E-state index is 11.4. The second kappa shape index (κ2) is 5.85. The van der Waals surface area contributed by atoms with Gasteiger partial charge in [0.25, 0.3) is 0 Å². The van der Waals surface area contributed by atoms with Gasteiger partial charge in [-0.05, 0) is 25.5 Å². The molecule has 1 aromatic rings. The molecule has 0 saturated heterocycles. The summed E-state index contributed by atoms with van der Waals surface area (Å²) in [5.41, 5.74) is 0. The third-order valence-corrected chi connectivity index (χ3v) is 2.10. The Balaban J connectivity index is 2.50. The molecule has 1 atom stereocenters. The first kappa shape index (κ1) is 12.2. The minimum Gasteiger partial charge on any atom is -0.345 e. The molecular weight excluding hydrogens is 206 g/mol. The summed E-state index contributed by atoms with van der Waals surface area (Å²) < 4.78 is 0. The average Bonchev–Trinajstić information content (AvgIpc) is 2.30. The van der Waals surface area contributed by atoms with Gasteiger partial charge >= 0.3 is 11.8 Å². The first-order chi connectivity index (χ1) is 7.63. The van der Waals surface area contributed by atoms with Crippen molar-refractivity contribution in [1.29, 1.82) is 0 Å². The average molecular weight is 221 g/mol. The number of pyridine rings is 1. The SMILES string of the molecule is CCC(C)NC(=O)C(=O)Nc1ccccn1. The van der Waals surface area contributed by atoms with Gasteiger partial charge in [0.2, 0.25) is 0 Å². The van der Waals surface area contributed by atoms with Gasteiger partial charge in [0.05, 0.1) is 0 Å². The first-order valence-corrected chi connectivity index (χ1v) is 5.16. The van der Waals surface area contributed by atoms with E-state index in [2.05, 4.69) is 15.6 Å². The molecule has 0 bridgehead atoms. The van der Waals surface area contributed by atoms with Gasteiger partial charge in [0, 0.05) is 12.2 Å². The van der Waals surface area contributed by atoms with Crippen LogP contribution in [-0.4, -0.2) is 22.8 Å². The topological polar surface area (TPSA) is 71.1 Å². The van der Waals surface area contributed by atoms with Gasteiger partial charge in [-0.25, -0.2) is 4.98 Å². The van der Waals surface area contributed by atoms with Crippen molar-refractivity contribution in [3.05, 3.63) is 24.4 Å². The Labute approximate surface area is 94.3 Å². The van der Waals surface area contributed by atoms with Crippen molar-refractivity contribution in [2.45, 2.75) is 26.3 Å². The number of hydrogen-bond acceptors (Lipinski definition) is 3. The van der Waals surface area contributed by atoms with Crippen LogP contribution in [0.5, 0.6) is 0 Å². The van der Waals surface area contributed by atoms with Crippen LogP contribution in [0.3, 0.4) is 0 Å². The molecule has 0 aliphatic carbocycles. The fraction of sp³-hybridized carbons (Fsp3) is 0.364. The highest BCUT2D eigenvalue weighted by Gasteiger charge is 2.15. The fourth-order valence-corrected chi connectivity index (χ4v) is 1.00. The summed E-state index contributed by atoms with van der Waals surface area (Å²) in [6.07, 6.45) is 2.32. The molecule has 2 amide bonds. The summed E-state index contributed by atoms with van der Waals surface area (Å²) in [7, 11) is 0. The number of carbonyl (C=O) groups is 2. The van der Waals surface area contributed by atoms with Crippen LogP contribution in [0.15, 0.2) is 24.4 Å². The molecule has 0 aliphatic rings. The number of hydrogen-bond donors (Lipinski definition) is 2. The fourth-order valence-electron chi connectivity index (χ4n) is 1.00. The maximum absolute atomic E-state index is 11.4. The van der Waals surface area contributed by atoms with Crippen LogP contribution in [0.2, 0.25) is 0 Å². The number of anilines is 1.